The van der Waals surface area contributed by atoms with Crippen molar-refractivity contribution in [2.24, 2.45) is 0 Å². The lowest BCUT2D eigenvalue weighted by molar-refractivity contribution is -0.130. The number of amides is 1. The molecule has 0 N–H and O–H groups in total. The second-order valence-electron chi connectivity index (χ2n) is 7.17. The highest BCUT2D eigenvalue weighted by Crippen LogP contribution is 2.24. The number of thioether (sulfide) groups is 1. The summed E-state index contributed by atoms with van der Waals surface area (Å²) >= 11 is 1.30. The number of hydrogen-bond donors (Lipinski definition) is 0. The molecule has 1 saturated heterocycles. The van der Waals surface area contributed by atoms with Crippen LogP contribution in [-0.2, 0) is 11.3 Å². The first-order valence-electron chi connectivity index (χ1n) is 9.75. The van der Waals surface area contributed by atoms with E-state index in [9.17, 15) is 4.79 Å². The van der Waals surface area contributed by atoms with Crippen molar-refractivity contribution < 1.29 is 9.21 Å². The van der Waals surface area contributed by atoms with Crippen LogP contribution in [0.5, 0.6) is 0 Å². The van der Waals surface area contributed by atoms with E-state index in [1.54, 1.807) is 0 Å². The fourth-order valence-electron chi connectivity index (χ4n) is 3.37. The summed E-state index contributed by atoms with van der Waals surface area (Å²) < 4.78 is 5.71. The van der Waals surface area contributed by atoms with Gasteiger partial charge in [0, 0.05) is 38.3 Å². The molecule has 1 amide bonds. The molecule has 6 nitrogen and oxygen atoms in total. The molecule has 2 heterocycles. The van der Waals surface area contributed by atoms with Crippen molar-refractivity contribution in [3.63, 3.8) is 0 Å². The lowest BCUT2D eigenvalue weighted by Gasteiger charge is -2.34. The molecule has 0 aliphatic carbocycles. The Morgan fingerprint density at radius 1 is 1.03 bits per heavy atom. The third-order valence-electron chi connectivity index (χ3n) is 4.96. The molecule has 0 atom stereocenters. The Bertz CT molecular complexity index is 952. The standard InChI is InChI=1S/C22H24N4O2S/c1-17-6-5-9-19(14-17)21-23-24-22(28-21)29-16-20(27)26-12-10-25(11-13-26)15-18-7-3-2-4-8-18/h2-9,14H,10-13,15-16H2,1H3. The fraction of sp³-hybridized carbons (Fsp3) is 0.318. The molecule has 1 fully saturated rings. The van der Waals surface area contributed by atoms with Crippen LogP contribution >= 0.6 is 11.8 Å². The molecular weight excluding hydrogens is 384 g/mol. The van der Waals surface area contributed by atoms with Crippen LogP contribution in [0.15, 0.2) is 64.2 Å². The smallest absolute Gasteiger partial charge is 0.277 e. The van der Waals surface area contributed by atoms with E-state index in [1.807, 2.05) is 42.2 Å². The number of piperazine rings is 1. The molecular formula is C22H24N4O2S. The van der Waals surface area contributed by atoms with E-state index in [0.29, 0.717) is 16.9 Å². The normalized spacial score (nSPS) is 14.9. The van der Waals surface area contributed by atoms with Crippen LogP contribution < -0.4 is 0 Å². The van der Waals surface area contributed by atoms with Gasteiger partial charge in [0.05, 0.1) is 5.75 Å². The summed E-state index contributed by atoms with van der Waals surface area (Å²) in [5.41, 5.74) is 3.34. The van der Waals surface area contributed by atoms with Gasteiger partial charge in [-0.15, -0.1) is 10.2 Å². The molecule has 1 aliphatic rings. The highest BCUT2D eigenvalue weighted by Gasteiger charge is 2.22. The predicted molar refractivity (Wildman–Crippen MR) is 113 cm³/mol. The zero-order valence-corrected chi connectivity index (χ0v) is 17.3. The van der Waals surface area contributed by atoms with Crippen LogP contribution in [0.4, 0.5) is 0 Å². The lowest BCUT2D eigenvalue weighted by Crippen LogP contribution is -2.48. The van der Waals surface area contributed by atoms with Gasteiger partial charge in [-0.3, -0.25) is 9.69 Å². The summed E-state index contributed by atoms with van der Waals surface area (Å²) in [6, 6.07) is 18.4. The van der Waals surface area contributed by atoms with Gasteiger partial charge in [-0.2, -0.15) is 0 Å². The minimum Gasteiger partial charge on any atom is -0.411 e. The monoisotopic (exact) mass is 408 g/mol. The minimum absolute atomic E-state index is 0.115. The number of rotatable bonds is 6. The van der Waals surface area contributed by atoms with E-state index in [2.05, 4.69) is 39.4 Å². The number of carbonyl (C=O) groups is 1. The maximum Gasteiger partial charge on any atom is 0.277 e. The highest BCUT2D eigenvalue weighted by atomic mass is 32.2. The third kappa shape index (κ3) is 5.25. The summed E-state index contributed by atoms with van der Waals surface area (Å²) in [6.07, 6.45) is 0. The van der Waals surface area contributed by atoms with Crippen molar-refractivity contribution in [2.45, 2.75) is 18.7 Å². The molecule has 2 aromatic carbocycles. The molecule has 0 bridgehead atoms. The Balaban J connectivity index is 1.24. The minimum atomic E-state index is 0.115. The number of nitrogens with zero attached hydrogens (tertiary/aromatic N) is 4. The van der Waals surface area contributed by atoms with Crippen molar-refractivity contribution in [3.05, 3.63) is 65.7 Å². The van der Waals surface area contributed by atoms with E-state index in [4.69, 9.17) is 4.42 Å². The highest BCUT2D eigenvalue weighted by molar-refractivity contribution is 7.99. The zero-order valence-electron chi connectivity index (χ0n) is 16.5. The largest absolute Gasteiger partial charge is 0.411 e. The Morgan fingerprint density at radius 2 is 1.83 bits per heavy atom. The molecule has 4 rings (SSSR count). The number of aromatic nitrogens is 2. The number of benzene rings is 2. The predicted octanol–water partition coefficient (Wildman–Crippen LogP) is 3.48. The molecule has 0 saturated carbocycles. The summed E-state index contributed by atoms with van der Waals surface area (Å²) in [4.78, 5) is 16.9. The van der Waals surface area contributed by atoms with Crippen LogP contribution in [0.2, 0.25) is 0 Å². The van der Waals surface area contributed by atoms with Crippen LogP contribution in [-0.4, -0.2) is 57.8 Å². The third-order valence-corrected chi connectivity index (χ3v) is 5.77. The van der Waals surface area contributed by atoms with Crippen LogP contribution in [0.3, 0.4) is 0 Å². The molecule has 1 aliphatic heterocycles. The first-order valence-corrected chi connectivity index (χ1v) is 10.7. The Hall–Kier alpha value is -2.64. The molecule has 1 aromatic heterocycles. The zero-order chi connectivity index (χ0) is 20.1. The Labute approximate surface area is 174 Å². The van der Waals surface area contributed by atoms with Crippen molar-refractivity contribution in [3.8, 4) is 11.5 Å². The van der Waals surface area contributed by atoms with Crippen LogP contribution in [0.25, 0.3) is 11.5 Å². The average molecular weight is 409 g/mol. The van der Waals surface area contributed by atoms with E-state index >= 15 is 0 Å². The molecule has 0 radical (unpaired) electrons. The van der Waals surface area contributed by atoms with Gasteiger partial charge < -0.3 is 9.32 Å². The van der Waals surface area contributed by atoms with E-state index < -0.39 is 0 Å². The molecule has 0 spiro atoms. The first kappa shape index (κ1) is 19.7. The Kier molecular flexibility index (Phi) is 6.27. The molecule has 0 unspecified atom stereocenters. The van der Waals surface area contributed by atoms with Crippen LogP contribution in [0.1, 0.15) is 11.1 Å². The van der Waals surface area contributed by atoms with Gasteiger partial charge in [-0.1, -0.05) is 59.8 Å². The van der Waals surface area contributed by atoms with Gasteiger partial charge >= 0.3 is 0 Å². The molecule has 29 heavy (non-hydrogen) atoms. The van der Waals surface area contributed by atoms with Gasteiger partial charge in [0.1, 0.15) is 0 Å². The number of hydrogen-bond acceptors (Lipinski definition) is 6. The second-order valence-corrected chi connectivity index (χ2v) is 8.10. The number of aryl methyl sites for hydroxylation is 1. The van der Waals surface area contributed by atoms with E-state index in [1.165, 1.54) is 17.3 Å². The van der Waals surface area contributed by atoms with Gasteiger partial charge in [0.2, 0.25) is 11.8 Å². The quantitative estimate of drug-likeness (QED) is 0.582. The SMILES string of the molecule is Cc1cccc(-c2nnc(SCC(=O)N3CCN(Cc4ccccc4)CC3)o2)c1. The van der Waals surface area contributed by atoms with E-state index in [-0.39, 0.29) is 5.91 Å². The van der Waals surface area contributed by atoms with Crippen molar-refractivity contribution in [1.82, 2.24) is 20.0 Å². The topological polar surface area (TPSA) is 62.5 Å². The maximum atomic E-state index is 12.6. The fourth-order valence-corrected chi connectivity index (χ4v) is 4.04. The van der Waals surface area contributed by atoms with Crippen molar-refractivity contribution in [1.29, 1.82) is 0 Å². The van der Waals surface area contributed by atoms with Crippen LogP contribution in [0, 0.1) is 6.92 Å². The average Bonchev–Trinajstić information content (AvgIpc) is 3.22. The van der Waals surface area contributed by atoms with Crippen molar-refractivity contribution in [2.75, 3.05) is 31.9 Å². The van der Waals surface area contributed by atoms with Crippen molar-refractivity contribution >= 4 is 17.7 Å². The summed E-state index contributed by atoms with van der Waals surface area (Å²) in [7, 11) is 0. The van der Waals surface area contributed by atoms with Gasteiger partial charge in [0.25, 0.3) is 5.22 Å². The maximum absolute atomic E-state index is 12.6. The van der Waals surface area contributed by atoms with Gasteiger partial charge in [-0.05, 0) is 24.6 Å². The number of carbonyl (C=O) groups excluding carboxylic acids is 1. The Morgan fingerprint density at radius 3 is 2.59 bits per heavy atom. The lowest BCUT2D eigenvalue weighted by atomic mass is 10.1. The van der Waals surface area contributed by atoms with Gasteiger partial charge in [-0.25, -0.2) is 0 Å². The molecule has 150 valence electrons. The summed E-state index contributed by atoms with van der Waals surface area (Å²) in [5, 5.41) is 8.59. The van der Waals surface area contributed by atoms with Gasteiger partial charge in [0.15, 0.2) is 0 Å². The molecule has 7 heteroatoms. The van der Waals surface area contributed by atoms with E-state index in [0.717, 1.165) is 43.9 Å². The first-order chi connectivity index (χ1) is 14.2. The summed E-state index contributed by atoms with van der Waals surface area (Å²) in [5.74, 6) is 0.913. The second kappa shape index (κ2) is 9.24. The summed E-state index contributed by atoms with van der Waals surface area (Å²) in [6.45, 7) is 6.25. The molecule has 3 aromatic rings.